The summed E-state index contributed by atoms with van der Waals surface area (Å²) in [5, 5.41) is 3.19. The zero-order chi connectivity index (χ0) is 16.1. The molecule has 1 aromatic carbocycles. The molecule has 0 aromatic heterocycles. The number of amides is 1. The van der Waals surface area contributed by atoms with E-state index in [4.69, 9.17) is 4.74 Å². The van der Waals surface area contributed by atoms with Crippen LogP contribution in [-0.2, 0) is 0 Å². The third kappa shape index (κ3) is 4.21. The number of benzene rings is 1. The minimum atomic E-state index is -0.0480. The number of likely N-dealkylation sites (N-methyl/N-ethyl adjacent to an activating group) is 1. The Morgan fingerprint density at radius 1 is 1.36 bits per heavy atom. The van der Waals surface area contributed by atoms with Gasteiger partial charge in [-0.15, -0.1) is 0 Å². The van der Waals surface area contributed by atoms with E-state index in [0.717, 1.165) is 19.6 Å². The van der Waals surface area contributed by atoms with Gasteiger partial charge in [0.05, 0.1) is 12.2 Å². The predicted molar refractivity (Wildman–Crippen MR) is 88.4 cm³/mol. The summed E-state index contributed by atoms with van der Waals surface area (Å²) in [5.74, 6) is 1.05. The molecule has 0 radical (unpaired) electrons. The van der Waals surface area contributed by atoms with Gasteiger partial charge in [0.2, 0.25) is 0 Å². The second kappa shape index (κ2) is 7.61. The van der Waals surface area contributed by atoms with Gasteiger partial charge in [0.25, 0.3) is 5.91 Å². The monoisotopic (exact) mass is 305 g/mol. The number of nitrogens with zero attached hydrogens (tertiary/aromatic N) is 2. The van der Waals surface area contributed by atoms with Crippen molar-refractivity contribution < 1.29 is 9.53 Å². The molecule has 1 aromatic rings. The lowest BCUT2D eigenvalue weighted by Gasteiger charge is -2.23. The fourth-order valence-electron chi connectivity index (χ4n) is 3.09. The molecule has 1 aliphatic rings. The molecule has 1 aliphatic heterocycles. The molecule has 0 saturated carbocycles. The first-order valence-corrected chi connectivity index (χ1v) is 7.87. The maximum absolute atomic E-state index is 12.6. The van der Waals surface area contributed by atoms with E-state index in [9.17, 15) is 4.79 Å². The lowest BCUT2D eigenvalue weighted by molar-refractivity contribution is 0.0923. The van der Waals surface area contributed by atoms with E-state index in [1.165, 1.54) is 0 Å². The maximum Gasteiger partial charge on any atom is 0.255 e. The van der Waals surface area contributed by atoms with Gasteiger partial charge in [0.15, 0.2) is 0 Å². The van der Waals surface area contributed by atoms with E-state index in [0.29, 0.717) is 23.8 Å². The van der Waals surface area contributed by atoms with Crippen LogP contribution >= 0.6 is 0 Å². The molecule has 0 spiro atoms. The summed E-state index contributed by atoms with van der Waals surface area (Å²) in [6.45, 7) is 5.35. The topological polar surface area (TPSA) is 44.8 Å². The SMILES string of the molecule is CCOc1ccccc1C(=O)N[C@@H]1CN(C)C[C@H]1CN(C)C. The lowest BCUT2D eigenvalue weighted by Crippen LogP contribution is -2.43. The fourth-order valence-corrected chi connectivity index (χ4v) is 3.09. The van der Waals surface area contributed by atoms with Crippen LogP contribution < -0.4 is 10.1 Å². The first kappa shape index (κ1) is 16.8. The Morgan fingerprint density at radius 3 is 2.77 bits per heavy atom. The first-order valence-electron chi connectivity index (χ1n) is 7.87. The number of ether oxygens (including phenoxy) is 1. The van der Waals surface area contributed by atoms with Crippen molar-refractivity contribution in [2.45, 2.75) is 13.0 Å². The summed E-state index contributed by atoms with van der Waals surface area (Å²) in [5.41, 5.74) is 0.613. The molecule has 5 heteroatoms. The van der Waals surface area contributed by atoms with Crippen LogP contribution in [-0.4, -0.2) is 69.1 Å². The quantitative estimate of drug-likeness (QED) is 0.861. The van der Waals surface area contributed by atoms with Crippen molar-refractivity contribution in [2.75, 3.05) is 47.4 Å². The minimum absolute atomic E-state index is 0.0480. The van der Waals surface area contributed by atoms with Crippen LogP contribution in [0.25, 0.3) is 0 Å². The van der Waals surface area contributed by atoms with Crippen molar-refractivity contribution in [1.82, 2.24) is 15.1 Å². The van der Waals surface area contributed by atoms with Crippen molar-refractivity contribution in [1.29, 1.82) is 0 Å². The van der Waals surface area contributed by atoms with Gasteiger partial charge in [0.1, 0.15) is 5.75 Å². The van der Waals surface area contributed by atoms with Crippen LogP contribution in [0.1, 0.15) is 17.3 Å². The highest BCUT2D eigenvalue weighted by Crippen LogP contribution is 2.20. The number of rotatable bonds is 6. The Hall–Kier alpha value is -1.59. The summed E-state index contributed by atoms with van der Waals surface area (Å²) >= 11 is 0. The molecule has 22 heavy (non-hydrogen) atoms. The molecule has 1 saturated heterocycles. The van der Waals surface area contributed by atoms with Crippen LogP contribution in [0.4, 0.5) is 0 Å². The van der Waals surface area contributed by atoms with Gasteiger partial charge >= 0.3 is 0 Å². The molecule has 0 bridgehead atoms. The van der Waals surface area contributed by atoms with Gasteiger partial charge in [-0.25, -0.2) is 0 Å². The van der Waals surface area contributed by atoms with Crippen molar-refractivity contribution in [3.8, 4) is 5.75 Å². The first-order chi connectivity index (χ1) is 10.5. The van der Waals surface area contributed by atoms with Crippen LogP contribution in [0.3, 0.4) is 0 Å². The number of carbonyl (C=O) groups excluding carboxylic acids is 1. The largest absolute Gasteiger partial charge is 0.493 e. The van der Waals surface area contributed by atoms with Crippen LogP contribution in [0.15, 0.2) is 24.3 Å². The van der Waals surface area contributed by atoms with Crippen LogP contribution in [0.2, 0.25) is 0 Å². The number of carbonyl (C=O) groups is 1. The summed E-state index contributed by atoms with van der Waals surface area (Å²) in [4.78, 5) is 17.1. The number of likely N-dealkylation sites (tertiary alicyclic amines) is 1. The number of hydrogen-bond acceptors (Lipinski definition) is 4. The lowest BCUT2D eigenvalue weighted by atomic mass is 10.0. The number of nitrogens with one attached hydrogen (secondary N) is 1. The molecular formula is C17H27N3O2. The van der Waals surface area contributed by atoms with Crippen molar-refractivity contribution in [3.05, 3.63) is 29.8 Å². The standard InChI is InChI=1S/C17H27N3O2/c1-5-22-16-9-7-6-8-14(16)17(21)18-15-12-20(4)11-13(15)10-19(2)3/h6-9,13,15H,5,10-12H2,1-4H3,(H,18,21)/t13-,15-/m1/s1. The highest BCUT2D eigenvalue weighted by molar-refractivity contribution is 5.97. The van der Waals surface area contributed by atoms with E-state index in [-0.39, 0.29) is 11.9 Å². The predicted octanol–water partition coefficient (Wildman–Crippen LogP) is 1.31. The van der Waals surface area contributed by atoms with Crippen molar-refractivity contribution >= 4 is 5.91 Å². The van der Waals surface area contributed by atoms with E-state index in [1.54, 1.807) is 0 Å². The highest BCUT2D eigenvalue weighted by Gasteiger charge is 2.32. The Bertz CT molecular complexity index is 504. The van der Waals surface area contributed by atoms with Gasteiger partial charge in [-0.3, -0.25) is 4.79 Å². The fraction of sp³-hybridized carbons (Fsp3) is 0.588. The Kier molecular flexibility index (Phi) is 5.80. The van der Waals surface area contributed by atoms with Gasteiger partial charge in [0, 0.05) is 31.6 Å². The molecule has 2 atom stereocenters. The zero-order valence-corrected chi connectivity index (χ0v) is 14.0. The normalized spacial score (nSPS) is 22.0. The molecule has 122 valence electrons. The molecule has 1 heterocycles. The third-order valence-electron chi connectivity index (χ3n) is 3.97. The average Bonchev–Trinajstić information content (AvgIpc) is 2.78. The summed E-state index contributed by atoms with van der Waals surface area (Å²) < 4.78 is 5.56. The van der Waals surface area contributed by atoms with Gasteiger partial charge in [-0.05, 0) is 40.2 Å². The van der Waals surface area contributed by atoms with Crippen LogP contribution in [0.5, 0.6) is 5.75 Å². The molecule has 0 aliphatic carbocycles. The Labute approximate surface area is 133 Å². The third-order valence-corrected chi connectivity index (χ3v) is 3.97. The molecule has 5 nitrogen and oxygen atoms in total. The Morgan fingerprint density at radius 2 is 2.09 bits per heavy atom. The second-order valence-electron chi connectivity index (χ2n) is 6.25. The Balaban J connectivity index is 2.07. The zero-order valence-electron chi connectivity index (χ0n) is 14.0. The summed E-state index contributed by atoms with van der Waals surface area (Å²) in [6, 6.07) is 7.60. The molecule has 1 N–H and O–H groups in total. The number of para-hydroxylation sites is 1. The van der Waals surface area contributed by atoms with E-state index in [2.05, 4.69) is 36.3 Å². The summed E-state index contributed by atoms with van der Waals surface area (Å²) in [7, 11) is 6.24. The maximum atomic E-state index is 12.6. The van der Waals surface area contributed by atoms with E-state index >= 15 is 0 Å². The number of hydrogen-bond donors (Lipinski definition) is 1. The average molecular weight is 305 g/mol. The van der Waals surface area contributed by atoms with Gasteiger partial charge < -0.3 is 19.9 Å². The van der Waals surface area contributed by atoms with Crippen molar-refractivity contribution in [2.24, 2.45) is 5.92 Å². The second-order valence-corrected chi connectivity index (χ2v) is 6.25. The van der Waals surface area contributed by atoms with Crippen molar-refractivity contribution in [3.63, 3.8) is 0 Å². The summed E-state index contributed by atoms with van der Waals surface area (Å²) in [6.07, 6.45) is 0. The van der Waals surface area contributed by atoms with E-state index < -0.39 is 0 Å². The van der Waals surface area contributed by atoms with E-state index in [1.807, 2.05) is 31.2 Å². The van der Waals surface area contributed by atoms with Gasteiger partial charge in [-0.1, -0.05) is 12.1 Å². The molecule has 0 unspecified atom stereocenters. The van der Waals surface area contributed by atoms with Crippen LogP contribution in [0, 0.1) is 5.92 Å². The molecule has 1 amide bonds. The molecule has 1 fully saturated rings. The smallest absolute Gasteiger partial charge is 0.255 e. The molecular weight excluding hydrogens is 278 g/mol. The molecule has 2 rings (SSSR count). The highest BCUT2D eigenvalue weighted by atomic mass is 16.5. The van der Waals surface area contributed by atoms with Gasteiger partial charge in [-0.2, -0.15) is 0 Å². The minimum Gasteiger partial charge on any atom is -0.493 e.